The summed E-state index contributed by atoms with van der Waals surface area (Å²) >= 11 is 0. The summed E-state index contributed by atoms with van der Waals surface area (Å²) in [6.45, 7) is 0.721. The second kappa shape index (κ2) is 7.97. The average Bonchev–Trinajstić information content (AvgIpc) is 3.00. The van der Waals surface area contributed by atoms with E-state index in [-0.39, 0.29) is 17.7 Å². The summed E-state index contributed by atoms with van der Waals surface area (Å²) < 4.78 is 14.5. The third kappa shape index (κ3) is 3.86. The van der Waals surface area contributed by atoms with Gasteiger partial charge in [-0.05, 0) is 12.1 Å². The van der Waals surface area contributed by atoms with Crippen molar-refractivity contribution in [1.29, 1.82) is 0 Å². The van der Waals surface area contributed by atoms with Gasteiger partial charge in [0.15, 0.2) is 22.7 Å². The van der Waals surface area contributed by atoms with Gasteiger partial charge < -0.3 is 19.4 Å². The third-order valence-electron chi connectivity index (χ3n) is 4.79. The molecule has 3 amide bonds. The molecule has 0 radical (unpaired) electrons. The molecule has 3 heterocycles. The van der Waals surface area contributed by atoms with Crippen LogP contribution in [0.15, 0.2) is 34.1 Å². The van der Waals surface area contributed by atoms with Crippen LogP contribution in [0.3, 0.4) is 0 Å². The van der Waals surface area contributed by atoms with E-state index in [1.807, 2.05) is 0 Å². The number of carbonyl (C=O) groups excluding carboxylic acids is 2. The topological polar surface area (TPSA) is 138 Å². The van der Waals surface area contributed by atoms with E-state index in [0.29, 0.717) is 30.4 Å². The van der Waals surface area contributed by atoms with Crippen LogP contribution in [0.1, 0.15) is 6.42 Å². The molecule has 0 saturated carbocycles. The number of imide groups is 1. The first-order valence-electron chi connectivity index (χ1n) is 9.46. The maximum Gasteiger partial charge on any atom is 0.332 e. The van der Waals surface area contributed by atoms with Gasteiger partial charge in [-0.1, -0.05) is 0 Å². The maximum absolute atomic E-state index is 12.4. The molecule has 0 saturated heterocycles. The molecule has 162 valence electrons. The van der Waals surface area contributed by atoms with E-state index in [4.69, 9.17) is 9.47 Å². The molecule has 0 spiro atoms. The Balaban J connectivity index is 1.46. The summed E-state index contributed by atoms with van der Waals surface area (Å²) in [5.41, 5.74) is -0.450. The Kier molecular flexibility index (Phi) is 5.19. The predicted molar refractivity (Wildman–Crippen MR) is 109 cm³/mol. The summed E-state index contributed by atoms with van der Waals surface area (Å²) in [4.78, 5) is 53.0. The number of rotatable bonds is 3. The molecule has 31 heavy (non-hydrogen) atoms. The minimum absolute atomic E-state index is 0.0862. The Labute approximate surface area is 175 Å². The molecular formula is C19H20N6O6. The number of hydrogen-bond donors (Lipinski definition) is 2. The van der Waals surface area contributed by atoms with Crippen LogP contribution < -0.4 is 31.4 Å². The standard InChI is InChI=1S/C19H20N6O6/c1-23-16-15(17(27)24(2)19(23)29)25(10-20-16)9-14(26)22-18(28)21-11-4-5-12-13(8-11)31-7-3-6-30-12/h4-5,8,10H,3,6-7,9H2,1-2H3,(H2,21,22,26,28). The maximum atomic E-state index is 12.4. The van der Waals surface area contributed by atoms with Crippen LogP contribution in [0.4, 0.5) is 10.5 Å². The minimum Gasteiger partial charge on any atom is -0.490 e. The molecule has 12 heteroatoms. The molecular weight excluding hydrogens is 408 g/mol. The molecule has 0 bridgehead atoms. The largest absolute Gasteiger partial charge is 0.490 e. The van der Waals surface area contributed by atoms with Crippen LogP contribution in [0.25, 0.3) is 11.2 Å². The predicted octanol–water partition coefficient (Wildman–Crippen LogP) is -0.0567. The lowest BCUT2D eigenvalue weighted by atomic mass is 10.3. The molecule has 0 aliphatic carbocycles. The second-order valence-corrected chi connectivity index (χ2v) is 6.96. The van der Waals surface area contributed by atoms with Gasteiger partial charge in [-0.2, -0.15) is 0 Å². The van der Waals surface area contributed by atoms with Crippen molar-refractivity contribution in [3.05, 3.63) is 45.4 Å². The SMILES string of the molecule is Cn1c(=O)c2c(ncn2CC(=O)NC(=O)Nc2ccc3c(c2)OCCCO3)n(C)c1=O. The van der Waals surface area contributed by atoms with Crippen molar-refractivity contribution in [2.75, 3.05) is 18.5 Å². The summed E-state index contributed by atoms with van der Waals surface area (Å²) in [6, 6.07) is 4.17. The number of imidazole rings is 1. The van der Waals surface area contributed by atoms with E-state index in [1.54, 1.807) is 18.2 Å². The van der Waals surface area contributed by atoms with Gasteiger partial charge in [0, 0.05) is 32.3 Å². The molecule has 2 N–H and O–H groups in total. The Hall–Kier alpha value is -4.09. The molecule has 12 nitrogen and oxygen atoms in total. The summed E-state index contributed by atoms with van der Waals surface area (Å²) in [7, 11) is 2.81. The fraction of sp³-hybridized carbons (Fsp3) is 0.316. The quantitative estimate of drug-likeness (QED) is 0.596. The first-order chi connectivity index (χ1) is 14.8. The van der Waals surface area contributed by atoms with E-state index in [2.05, 4.69) is 15.6 Å². The number of carbonyl (C=O) groups is 2. The monoisotopic (exact) mass is 428 g/mol. The van der Waals surface area contributed by atoms with Gasteiger partial charge in [0.05, 0.1) is 19.5 Å². The van der Waals surface area contributed by atoms with Crippen LogP contribution in [-0.2, 0) is 25.4 Å². The van der Waals surface area contributed by atoms with Crippen molar-refractivity contribution < 1.29 is 19.1 Å². The van der Waals surface area contributed by atoms with Gasteiger partial charge in [-0.3, -0.25) is 24.0 Å². The van der Waals surface area contributed by atoms with E-state index >= 15 is 0 Å². The van der Waals surface area contributed by atoms with Gasteiger partial charge >= 0.3 is 11.7 Å². The van der Waals surface area contributed by atoms with Gasteiger partial charge in [-0.15, -0.1) is 0 Å². The first-order valence-corrected chi connectivity index (χ1v) is 9.46. The van der Waals surface area contributed by atoms with Gasteiger partial charge in [0.25, 0.3) is 5.56 Å². The fourth-order valence-corrected chi connectivity index (χ4v) is 3.24. The third-order valence-corrected chi connectivity index (χ3v) is 4.79. The molecule has 0 fully saturated rings. The first kappa shape index (κ1) is 20.2. The molecule has 0 unspecified atom stereocenters. The summed E-state index contributed by atoms with van der Waals surface area (Å²) in [6.07, 6.45) is 2.03. The number of benzene rings is 1. The average molecular weight is 428 g/mol. The van der Waals surface area contributed by atoms with Crippen LogP contribution >= 0.6 is 0 Å². The highest BCUT2D eigenvalue weighted by Gasteiger charge is 2.17. The minimum atomic E-state index is -0.746. The van der Waals surface area contributed by atoms with Crippen LogP contribution in [0, 0.1) is 0 Å². The Morgan fingerprint density at radius 2 is 1.84 bits per heavy atom. The number of amides is 3. The molecule has 0 atom stereocenters. The van der Waals surface area contributed by atoms with Crippen LogP contribution in [0.5, 0.6) is 11.5 Å². The number of urea groups is 1. The Bertz CT molecular complexity index is 1300. The number of nitrogens with zero attached hydrogens (tertiary/aromatic N) is 4. The Morgan fingerprint density at radius 1 is 1.10 bits per heavy atom. The highest BCUT2D eigenvalue weighted by Crippen LogP contribution is 2.32. The normalized spacial score (nSPS) is 13.0. The zero-order chi connectivity index (χ0) is 22.1. The van der Waals surface area contributed by atoms with Gasteiger partial charge in [0.2, 0.25) is 5.91 Å². The second-order valence-electron chi connectivity index (χ2n) is 6.96. The molecule has 1 aliphatic heterocycles. The summed E-state index contributed by atoms with van der Waals surface area (Å²) in [5.74, 6) is 0.428. The number of hydrogen-bond acceptors (Lipinski definition) is 7. The zero-order valence-corrected chi connectivity index (χ0v) is 16.9. The smallest absolute Gasteiger partial charge is 0.332 e. The number of ether oxygens (including phenoxy) is 2. The highest BCUT2D eigenvalue weighted by atomic mass is 16.5. The number of aromatic nitrogens is 4. The molecule has 4 rings (SSSR count). The van der Waals surface area contributed by atoms with Gasteiger partial charge in [-0.25, -0.2) is 14.6 Å². The molecule has 1 aromatic carbocycles. The Morgan fingerprint density at radius 3 is 2.61 bits per heavy atom. The number of fused-ring (bicyclic) bond motifs is 2. The van der Waals surface area contributed by atoms with Crippen LogP contribution in [0.2, 0.25) is 0 Å². The lowest BCUT2D eigenvalue weighted by molar-refractivity contribution is -0.120. The van der Waals surface area contributed by atoms with Crippen LogP contribution in [-0.4, -0.2) is 43.8 Å². The number of anilines is 1. The molecule has 2 aromatic heterocycles. The lowest BCUT2D eigenvalue weighted by Crippen LogP contribution is -2.39. The van der Waals surface area contributed by atoms with Crippen molar-refractivity contribution in [3.63, 3.8) is 0 Å². The van der Waals surface area contributed by atoms with Crippen molar-refractivity contribution in [1.82, 2.24) is 24.0 Å². The fourth-order valence-electron chi connectivity index (χ4n) is 3.24. The van der Waals surface area contributed by atoms with E-state index in [9.17, 15) is 19.2 Å². The van der Waals surface area contributed by atoms with E-state index in [1.165, 1.54) is 29.6 Å². The van der Waals surface area contributed by atoms with Gasteiger partial charge in [0.1, 0.15) is 6.54 Å². The van der Waals surface area contributed by atoms with Crippen molar-refractivity contribution in [2.24, 2.45) is 14.1 Å². The zero-order valence-electron chi connectivity index (χ0n) is 16.9. The number of nitrogens with one attached hydrogen (secondary N) is 2. The molecule has 1 aliphatic rings. The molecule has 3 aromatic rings. The number of aryl methyl sites for hydroxylation is 1. The van der Waals surface area contributed by atoms with Crippen molar-refractivity contribution in [3.8, 4) is 11.5 Å². The highest BCUT2D eigenvalue weighted by molar-refractivity contribution is 6.01. The summed E-state index contributed by atoms with van der Waals surface area (Å²) in [5, 5.41) is 4.75. The van der Waals surface area contributed by atoms with E-state index < -0.39 is 23.2 Å². The van der Waals surface area contributed by atoms with Crippen molar-refractivity contribution in [2.45, 2.75) is 13.0 Å². The lowest BCUT2D eigenvalue weighted by Gasteiger charge is -2.11. The van der Waals surface area contributed by atoms with Crippen molar-refractivity contribution >= 4 is 28.8 Å². The van der Waals surface area contributed by atoms with E-state index in [0.717, 1.165) is 11.0 Å².